The Kier molecular flexibility index (Phi) is 5.75. The zero-order chi connectivity index (χ0) is 27.2. The van der Waals surface area contributed by atoms with E-state index in [0.29, 0.717) is 17.5 Å². The van der Waals surface area contributed by atoms with Gasteiger partial charge in [-0.15, -0.1) is 11.3 Å². The van der Waals surface area contributed by atoms with Gasteiger partial charge in [0, 0.05) is 32.2 Å². The summed E-state index contributed by atoms with van der Waals surface area (Å²) in [6, 6.07) is 35.5. The molecule has 4 nitrogen and oxygen atoms in total. The molecule has 0 N–H and O–H groups in total. The maximum absolute atomic E-state index is 5.14. The summed E-state index contributed by atoms with van der Waals surface area (Å²) in [6.07, 6.45) is 8.70. The standard InChI is InChI=1S/C36H24N4S/c1-3-11-23(12-4-1)24-19-21-26(22-20-24)35-38-34(25-13-5-2-6-14-25)39-36(40-35)31-27-15-7-9-17-29(27)37-32-28-16-8-10-18-30(28)41-33(31)32/h1-3,5-11,13-22H,4,12H2. The second-order valence-corrected chi connectivity index (χ2v) is 11.2. The van der Waals surface area contributed by atoms with Crippen LogP contribution in [0.5, 0.6) is 0 Å². The summed E-state index contributed by atoms with van der Waals surface area (Å²) in [5.41, 5.74) is 7.44. The van der Waals surface area contributed by atoms with Crippen molar-refractivity contribution >= 4 is 48.1 Å². The van der Waals surface area contributed by atoms with Crippen LogP contribution in [0.15, 0.2) is 121 Å². The van der Waals surface area contributed by atoms with Gasteiger partial charge in [-0.1, -0.05) is 109 Å². The van der Waals surface area contributed by atoms with Crippen molar-refractivity contribution in [2.24, 2.45) is 0 Å². The van der Waals surface area contributed by atoms with E-state index in [4.69, 9.17) is 19.9 Å². The Bertz CT molecular complexity index is 2140. The van der Waals surface area contributed by atoms with E-state index >= 15 is 0 Å². The highest BCUT2D eigenvalue weighted by Crippen LogP contribution is 2.42. The third kappa shape index (κ3) is 4.22. The van der Waals surface area contributed by atoms with Crippen LogP contribution in [0.25, 0.3) is 70.9 Å². The Morgan fingerprint density at radius 3 is 2.00 bits per heavy atom. The lowest BCUT2D eigenvalue weighted by Crippen LogP contribution is -2.01. The molecule has 3 heterocycles. The van der Waals surface area contributed by atoms with Gasteiger partial charge < -0.3 is 0 Å². The number of rotatable bonds is 4. The molecule has 7 aromatic rings. The Morgan fingerprint density at radius 1 is 0.561 bits per heavy atom. The number of hydrogen-bond donors (Lipinski definition) is 0. The van der Waals surface area contributed by atoms with Crippen LogP contribution in [-0.4, -0.2) is 19.9 Å². The summed E-state index contributed by atoms with van der Waals surface area (Å²) in [5, 5.41) is 2.19. The molecule has 0 bridgehead atoms. The van der Waals surface area contributed by atoms with Crippen LogP contribution in [-0.2, 0) is 0 Å². The first-order chi connectivity index (χ1) is 20.3. The smallest absolute Gasteiger partial charge is 0.166 e. The molecule has 3 aromatic heterocycles. The minimum Gasteiger partial charge on any atom is -0.246 e. The lowest BCUT2D eigenvalue weighted by molar-refractivity contribution is 1.05. The molecule has 0 saturated carbocycles. The predicted octanol–water partition coefficient (Wildman–Crippen LogP) is 9.52. The number of aromatic nitrogens is 4. The van der Waals surface area contributed by atoms with Crippen LogP contribution in [0.3, 0.4) is 0 Å². The van der Waals surface area contributed by atoms with Gasteiger partial charge in [-0.2, -0.15) is 0 Å². The van der Waals surface area contributed by atoms with Gasteiger partial charge in [0.25, 0.3) is 0 Å². The van der Waals surface area contributed by atoms with E-state index in [1.807, 2.05) is 24.3 Å². The monoisotopic (exact) mass is 544 g/mol. The summed E-state index contributed by atoms with van der Waals surface area (Å²) in [5.74, 6) is 1.98. The highest BCUT2D eigenvalue weighted by atomic mass is 32.1. The van der Waals surface area contributed by atoms with Gasteiger partial charge in [-0.05, 0) is 36.1 Å². The van der Waals surface area contributed by atoms with Crippen molar-refractivity contribution < 1.29 is 0 Å². The van der Waals surface area contributed by atoms with Crippen molar-refractivity contribution in [3.8, 4) is 34.2 Å². The average molecular weight is 545 g/mol. The Balaban J connectivity index is 1.38. The molecule has 0 spiro atoms. The van der Waals surface area contributed by atoms with Gasteiger partial charge in [0.1, 0.15) is 0 Å². The van der Waals surface area contributed by atoms with Crippen molar-refractivity contribution in [2.45, 2.75) is 12.8 Å². The van der Waals surface area contributed by atoms with Crippen molar-refractivity contribution in [3.05, 3.63) is 127 Å². The molecule has 0 saturated heterocycles. The molecule has 8 rings (SSSR count). The molecule has 1 aliphatic rings. The fourth-order valence-corrected chi connectivity index (χ4v) is 6.77. The number of thiophene rings is 1. The molecule has 194 valence electrons. The Hall–Kier alpha value is -5.00. The second-order valence-electron chi connectivity index (χ2n) is 10.2. The quantitative estimate of drug-likeness (QED) is 0.221. The van der Waals surface area contributed by atoms with Crippen LogP contribution in [0.4, 0.5) is 0 Å². The molecule has 0 aliphatic heterocycles. The zero-order valence-electron chi connectivity index (χ0n) is 22.2. The van der Waals surface area contributed by atoms with Gasteiger partial charge >= 0.3 is 0 Å². The van der Waals surface area contributed by atoms with E-state index in [9.17, 15) is 0 Å². The van der Waals surface area contributed by atoms with Crippen LogP contribution >= 0.6 is 11.3 Å². The van der Waals surface area contributed by atoms with Crippen molar-refractivity contribution in [1.29, 1.82) is 0 Å². The number of pyridine rings is 1. The molecule has 0 amide bonds. The van der Waals surface area contributed by atoms with Crippen molar-refractivity contribution in [2.75, 3.05) is 0 Å². The highest BCUT2D eigenvalue weighted by Gasteiger charge is 2.20. The van der Waals surface area contributed by atoms with Crippen molar-refractivity contribution in [3.63, 3.8) is 0 Å². The molecular weight excluding hydrogens is 520 g/mol. The second kappa shape index (κ2) is 9.88. The fourth-order valence-electron chi connectivity index (χ4n) is 5.57. The van der Waals surface area contributed by atoms with Gasteiger partial charge in [0.15, 0.2) is 17.5 Å². The first-order valence-corrected chi connectivity index (χ1v) is 14.6. The van der Waals surface area contributed by atoms with E-state index in [0.717, 1.165) is 56.0 Å². The van der Waals surface area contributed by atoms with Gasteiger partial charge in [-0.3, -0.25) is 0 Å². The molecule has 4 aromatic carbocycles. The molecule has 0 unspecified atom stereocenters. The zero-order valence-corrected chi connectivity index (χ0v) is 23.0. The third-order valence-corrected chi connectivity index (χ3v) is 8.80. The van der Waals surface area contributed by atoms with Crippen LogP contribution < -0.4 is 0 Å². The molecular formula is C36H24N4S. The van der Waals surface area contributed by atoms with Crippen LogP contribution in [0.1, 0.15) is 18.4 Å². The van der Waals surface area contributed by atoms with E-state index in [2.05, 4.69) is 97.1 Å². The molecule has 1 aliphatic carbocycles. The van der Waals surface area contributed by atoms with E-state index in [1.54, 1.807) is 11.3 Å². The van der Waals surface area contributed by atoms with Gasteiger partial charge in [0.05, 0.1) is 15.7 Å². The third-order valence-electron chi connectivity index (χ3n) is 7.62. The normalized spacial score (nSPS) is 13.2. The number of hydrogen-bond acceptors (Lipinski definition) is 5. The summed E-state index contributed by atoms with van der Waals surface area (Å²) >= 11 is 1.74. The first-order valence-electron chi connectivity index (χ1n) is 13.8. The van der Waals surface area contributed by atoms with Crippen LogP contribution in [0.2, 0.25) is 0 Å². The molecule has 5 heteroatoms. The van der Waals surface area contributed by atoms with Crippen molar-refractivity contribution in [1.82, 2.24) is 19.9 Å². The number of fused-ring (bicyclic) bond motifs is 4. The first kappa shape index (κ1) is 23.9. The highest BCUT2D eigenvalue weighted by molar-refractivity contribution is 7.26. The van der Waals surface area contributed by atoms with E-state index < -0.39 is 0 Å². The summed E-state index contributed by atoms with van der Waals surface area (Å²) in [6.45, 7) is 0. The number of allylic oxidation sites excluding steroid dienone is 4. The topological polar surface area (TPSA) is 51.6 Å². The largest absolute Gasteiger partial charge is 0.246 e. The maximum atomic E-state index is 5.14. The van der Waals surface area contributed by atoms with E-state index in [-0.39, 0.29) is 0 Å². The summed E-state index contributed by atoms with van der Waals surface area (Å²) in [7, 11) is 0. The minimum atomic E-state index is 0.657. The fraction of sp³-hybridized carbons (Fsp3) is 0.0556. The van der Waals surface area contributed by atoms with E-state index in [1.165, 1.54) is 15.8 Å². The SMILES string of the molecule is C1=CCCC(c2ccc(-c3nc(-c4ccccc4)nc(-c4c5ccccc5nc5c4sc4ccccc45)n3)cc2)=C1. The molecule has 0 fully saturated rings. The number of para-hydroxylation sites is 1. The predicted molar refractivity (Wildman–Crippen MR) is 171 cm³/mol. The Morgan fingerprint density at radius 2 is 1.22 bits per heavy atom. The minimum absolute atomic E-state index is 0.657. The lowest BCUT2D eigenvalue weighted by atomic mass is 9.96. The molecule has 0 atom stereocenters. The molecule has 0 radical (unpaired) electrons. The van der Waals surface area contributed by atoms with Crippen LogP contribution in [0, 0.1) is 0 Å². The summed E-state index contributed by atoms with van der Waals surface area (Å²) < 4.78 is 2.29. The Labute approximate surface area is 241 Å². The average Bonchev–Trinajstić information content (AvgIpc) is 3.42. The van der Waals surface area contributed by atoms with Gasteiger partial charge in [-0.25, -0.2) is 19.9 Å². The number of nitrogens with zero attached hydrogens (tertiary/aromatic N) is 4. The summed E-state index contributed by atoms with van der Waals surface area (Å²) in [4.78, 5) is 20.3. The maximum Gasteiger partial charge on any atom is 0.166 e. The number of benzene rings is 4. The molecule has 41 heavy (non-hydrogen) atoms. The van der Waals surface area contributed by atoms with Gasteiger partial charge in [0.2, 0.25) is 0 Å². The lowest BCUT2D eigenvalue weighted by Gasteiger charge is -2.12.